The number of nitrogens with zero attached hydrogens (tertiary/aromatic N) is 1. The van der Waals surface area contributed by atoms with Crippen molar-refractivity contribution >= 4 is 23.2 Å². The summed E-state index contributed by atoms with van der Waals surface area (Å²) in [5, 5.41) is 5.44. The Morgan fingerprint density at radius 2 is 1.59 bits per heavy atom. The highest BCUT2D eigenvalue weighted by molar-refractivity contribution is 6.39. The summed E-state index contributed by atoms with van der Waals surface area (Å²) >= 11 is 0. The van der Waals surface area contributed by atoms with Crippen molar-refractivity contribution in [3.63, 3.8) is 0 Å². The third-order valence-electron chi connectivity index (χ3n) is 5.07. The highest BCUT2D eigenvalue weighted by atomic mass is 16.2. The highest BCUT2D eigenvalue weighted by Crippen LogP contribution is 2.24. The average molecular weight is 365 g/mol. The SMILES string of the molecule is CC(NC(=O)C(=O)Nc1ccc(N(C)C)cc1)c1ccc2c(c1)CCCC2. The summed E-state index contributed by atoms with van der Waals surface area (Å²) in [4.78, 5) is 26.4. The summed E-state index contributed by atoms with van der Waals surface area (Å²) in [5.74, 6) is -1.28. The third kappa shape index (κ3) is 4.67. The summed E-state index contributed by atoms with van der Waals surface area (Å²) in [6.07, 6.45) is 4.68. The van der Waals surface area contributed by atoms with E-state index in [4.69, 9.17) is 0 Å². The van der Waals surface area contributed by atoms with Crippen molar-refractivity contribution in [1.82, 2.24) is 5.32 Å². The van der Waals surface area contributed by atoms with Crippen molar-refractivity contribution in [2.45, 2.75) is 38.6 Å². The Morgan fingerprint density at radius 1 is 0.926 bits per heavy atom. The Balaban J connectivity index is 1.59. The van der Waals surface area contributed by atoms with Crippen molar-refractivity contribution in [3.05, 3.63) is 59.2 Å². The lowest BCUT2D eigenvalue weighted by Gasteiger charge is -2.20. The first-order chi connectivity index (χ1) is 12.9. The van der Waals surface area contributed by atoms with Gasteiger partial charge in [-0.25, -0.2) is 0 Å². The molecule has 0 aliphatic heterocycles. The van der Waals surface area contributed by atoms with E-state index in [0.29, 0.717) is 5.69 Å². The number of anilines is 2. The van der Waals surface area contributed by atoms with Crippen LogP contribution >= 0.6 is 0 Å². The fourth-order valence-electron chi connectivity index (χ4n) is 3.40. The predicted octanol–water partition coefficient (Wildman–Crippen LogP) is 3.45. The number of aryl methyl sites for hydroxylation is 2. The smallest absolute Gasteiger partial charge is 0.313 e. The normalized spacial score (nSPS) is 14.0. The molecule has 3 rings (SSSR count). The van der Waals surface area contributed by atoms with Crippen LogP contribution in [-0.4, -0.2) is 25.9 Å². The molecule has 0 bridgehead atoms. The fraction of sp³-hybridized carbons (Fsp3) is 0.364. The van der Waals surface area contributed by atoms with Gasteiger partial charge in [-0.05, 0) is 73.6 Å². The molecule has 2 aromatic rings. The van der Waals surface area contributed by atoms with E-state index in [1.807, 2.05) is 44.1 Å². The predicted molar refractivity (Wildman–Crippen MR) is 109 cm³/mol. The van der Waals surface area contributed by atoms with Gasteiger partial charge in [-0.15, -0.1) is 0 Å². The molecular weight excluding hydrogens is 338 g/mol. The summed E-state index contributed by atoms with van der Waals surface area (Å²) in [6.45, 7) is 1.90. The molecule has 1 aliphatic rings. The number of amides is 2. The molecule has 142 valence electrons. The summed E-state index contributed by atoms with van der Waals surface area (Å²) in [7, 11) is 3.90. The maximum atomic E-state index is 12.3. The van der Waals surface area contributed by atoms with Crippen molar-refractivity contribution in [2.75, 3.05) is 24.3 Å². The van der Waals surface area contributed by atoms with Crippen LogP contribution in [0, 0.1) is 0 Å². The molecule has 0 aromatic heterocycles. The number of hydrogen-bond acceptors (Lipinski definition) is 3. The number of rotatable bonds is 4. The molecule has 2 aromatic carbocycles. The third-order valence-corrected chi connectivity index (χ3v) is 5.07. The van der Waals surface area contributed by atoms with E-state index in [1.54, 1.807) is 12.1 Å². The lowest BCUT2D eigenvalue weighted by molar-refractivity contribution is -0.136. The molecular formula is C22H27N3O2. The number of carbonyl (C=O) groups excluding carboxylic acids is 2. The van der Waals surface area contributed by atoms with E-state index in [0.717, 1.165) is 24.1 Å². The summed E-state index contributed by atoms with van der Waals surface area (Å²) in [6, 6.07) is 13.5. The second kappa shape index (κ2) is 8.25. The van der Waals surface area contributed by atoms with Crippen LogP contribution in [0.3, 0.4) is 0 Å². The second-order valence-corrected chi connectivity index (χ2v) is 7.33. The first kappa shape index (κ1) is 19.0. The van der Waals surface area contributed by atoms with Crippen LogP contribution in [0.15, 0.2) is 42.5 Å². The van der Waals surface area contributed by atoms with Gasteiger partial charge in [0.1, 0.15) is 0 Å². The highest BCUT2D eigenvalue weighted by Gasteiger charge is 2.18. The van der Waals surface area contributed by atoms with E-state index >= 15 is 0 Å². The fourth-order valence-corrected chi connectivity index (χ4v) is 3.40. The minimum Gasteiger partial charge on any atom is -0.378 e. The maximum absolute atomic E-state index is 12.3. The minimum atomic E-state index is -0.655. The van der Waals surface area contributed by atoms with Crippen LogP contribution in [0.25, 0.3) is 0 Å². The van der Waals surface area contributed by atoms with E-state index < -0.39 is 11.8 Å². The first-order valence-electron chi connectivity index (χ1n) is 9.45. The monoisotopic (exact) mass is 365 g/mol. The lowest BCUT2D eigenvalue weighted by Crippen LogP contribution is -2.37. The second-order valence-electron chi connectivity index (χ2n) is 7.33. The quantitative estimate of drug-likeness (QED) is 0.816. The number of fused-ring (bicyclic) bond motifs is 1. The summed E-state index contributed by atoms with van der Waals surface area (Å²) < 4.78 is 0. The van der Waals surface area contributed by atoms with Crippen LogP contribution in [-0.2, 0) is 22.4 Å². The van der Waals surface area contributed by atoms with Gasteiger partial charge in [0, 0.05) is 25.5 Å². The molecule has 0 saturated heterocycles. The molecule has 5 heteroatoms. The lowest BCUT2D eigenvalue weighted by atomic mass is 9.89. The van der Waals surface area contributed by atoms with Gasteiger partial charge in [0.05, 0.1) is 6.04 Å². The van der Waals surface area contributed by atoms with Crippen LogP contribution < -0.4 is 15.5 Å². The molecule has 2 amide bonds. The number of hydrogen-bond donors (Lipinski definition) is 2. The maximum Gasteiger partial charge on any atom is 0.313 e. The Morgan fingerprint density at radius 3 is 2.26 bits per heavy atom. The summed E-state index contributed by atoms with van der Waals surface area (Å²) in [5.41, 5.74) is 5.43. The minimum absolute atomic E-state index is 0.216. The largest absolute Gasteiger partial charge is 0.378 e. The van der Waals surface area contributed by atoms with E-state index in [9.17, 15) is 9.59 Å². The Kier molecular flexibility index (Phi) is 5.79. The standard InChI is InChI=1S/C22H27N3O2/c1-15(17-9-8-16-6-4-5-7-18(16)14-17)23-21(26)22(27)24-19-10-12-20(13-11-19)25(2)3/h8-15H,4-7H2,1-3H3,(H,23,26)(H,24,27). The zero-order valence-electron chi connectivity index (χ0n) is 16.2. The van der Waals surface area contributed by atoms with Gasteiger partial charge >= 0.3 is 11.8 Å². The molecule has 2 N–H and O–H groups in total. The van der Waals surface area contributed by atoms with Crippen LogP contribution in [0.5, 0.6) is 0 Å². The van der Waals surface area contributed by atoms with Crippen molar-refractivity contribution in [2.24, 2.45) is 0 Å². The van der Waals surface area contributed by atoms with Gasteiger partial charge in [0.15, 0.2) is 0 Å². The molecule has 27 heavy (non-hydrogen) atoms. The molecule has 1 unspecified atom stereocenters. The van der Waals surface area contributed by atoms with Gasteiger partial charge in [0.2, 0.25) is 0 Å². The zero-order valence-corrected chi connectivity index (χ0v) is 16.2. The van der Waals surface area contributed by atoms with Crippen LogP contribution in [0.2, 0.25) is 0 Å². The average Bonchev–Trinajstić information content (AvgIpc) is 2.67. The van der Waals surface area contributed by atoms with Gasteiger partial charge in [0.25, 0.3) is 0 Å². The van der Waals surface area contributed by atoms with Crippen LogP contribution in [0.4, 0.5) is 11.4 Å². The molecule has 5 nitrogen and oxygen atoms in total. The van der Waals surface area contributed by atoms with Gasteiger partial charge < -0.3 is 15.5 Å². The van der Waals surface area contributed by atoms with Gasteiger partial charge in [-0.3, -0.25) is 9.59 Å². The molecule has 0 fully saturated rings. The zero-order chi connectivity index (χ0) is 19.4. The number of nitrogens with one attached hydrogen (secondary N) is 2. The van der Waals surface area contributed by atoms with E-state index in [1.165, 1.54) is 24.0 Å². The van der Waals surface area contributed by atoms with Gasteiger partial charge in [-0.1, -0.05) is 18.2 Å². The first-order valence-corrected chi connectivity index (χ1v) is 9.45. The molecule has 0 spiro atoms. The molecule has 1 atom stereocenters. The number of carbonyl (C=O) groups is 2. The Labute approximate surface area is 160 Å². The van der Waals surface area contributed by atoms with Crippen molar-refractivity contribution < 1.29 is 9.59 Å². The van der Waals surface area contributed by atoms with Crippen molar-refractivity contribution in [3.8, 4) is 0 Å². The van der Waals surface area contributed by atoms with Crippen molar-refractivity contribution in [1.29, 1.82) is 0 Å². The Hall–Kier alpha value is -2.82. The van der Waals surface area contributed by atoms with E-state index in [2.05, 4.69) is 22.8 Å². The molecule has 0 radical (unpaired) electrons. The van der Waals surface area contributed by atoms with Crippen LogP contribution in [0.1, 0.15) is 42.5 Å². The molecule has 1 aliphatic carbocycles. The van der Waals surface area contributed by atoms with E-state index in [-0.39, 0.29) is 6.04 Å². The Bertz CT molecular complexity index is 828. The molecule has 0 heterocycles. The topological polar surface area (TPSA) is 61.4 Å². The van der Waals surface area contributed by atoms with Gasteiger partial charge in [-0.2, -0.15) is 0 Å². The number of benzene rings is 2. The molecule has 0 saturated carbocycles.